The standard InChI is InChI=1S/C24H24N2O/c27-24(18-26-15-14-20-10-4-5-12-22(20)17-26)25-23-13-7-6-11-21(23)16-19-8-2-1-3-9-19/h1-13H,14-18H2,(H,25,27)/p+1. The molecule has 1 unspecified atom stereocenters. The number of carbonyl (C=O) groups excluding carboxylic acids is 1. The summed E-state index contributed by atoms with van der Waals surface area (Å²) < 4.78 is 0. The molecule has 1 aliphatic heterocycles. The van der Waals surface area contributed by atoms with Crippen molar-refractivity contribution in [2.24, 2.45) is 0 Å². The van der Waals surface area contributed by atoms with Gasteiger partial charge < -0.3 is 10.2 Å². The number of hydrogen-bond acceptors (Lipinski definition) is 1. The maximum absolute atomic E-state index is 12.7. The van der Waals surface area contributed by atoms with Crippen LogP contribution in [0.5, 0.6) is 0 Å². The van der Waals surface area contributed by atoms with Crippen LogP contribution in [0, 0.1) is 0 Å². The quantitative estimate of drug-likeness (QED) is 0.723. The van der Waals surface area contributed by atoms with E-state index in [1.807, 2.05) is 36.4 Å². The van der Waals surface area contributed by atoms with Crippen LogP contribution in [0.25, 0.3) is 0 Å². The smallest absolute Gasteiger partial charge is 0.279 e. The zero-order valence-electron chi connectivity index (χ0n) is 15.4. The molecule has 0 bridgehead atoms. The zero-order valence-corrected chi connectivity index (χ0v) is 15.4. The molecule has 0 spiro atoms. The molecule has 0 radical (unpaired) electrons. The van der Waals surface area contributed by atoms with Crippen LogP contribution in [-0.2, 0) is 24.2 Å². The van der Waals surface area contributed by atoms with Gasteiger partial charge in [-0.05, 0) is 29.2 Å². The van der Waals surface area contributed by atoms with Crippen molar-refractivity contribution in [2.75, 3.05) is 18.4 Å². The highest BCUT2D eigenvalue weighted by Gasteiger charge is 2.21. The van der Waals surface area contributed by atoms with Crippen molar-refractivity contribution in [3.8, 4) is 0 Å². The summed E-state index contributed by atoms with van der Waals surface area (Å²) in [5.74, 6) is 0.0879. The Balaban J connectivity index is 1.40. The highest BCUT2D eigenvalue weighted by Crippen LogP contribution is 2.19. The van der Waals surface area contributed by atoms with Gasteiger partial charge in [-0.2, -0.15) is 0 Å². The Morgan fingerprint density at radius 3 is 2.41 bits per heavy atom. The summed E-state index contributed by atoms with van der Waals surface area (Å²) in [6, 6.07) is 27.0. The SMILES string of the molecule is O=C(C[NH+]1CCc2ccccc2C1)Nc1ccccc1Cc1ccccc1. The molecule has 4 rings (SSSR count). The molecule has 3 heteroatoms. The summed E-state index contributed by atoms with van der Waals surface area (Å²) in [7, 11) is 0. The summed E-state index contributed by atoms with van der Waals surface area (Å²) >= 11 is 0. The lowest BCUT2D eigenvalue weighted by atomic mass is 10.00. The van der Waals surface area contributed by atoms with Crippen molar-refractivity contribution in [3.63, 3.8) is 0 Å². The monoisotopic (exact) mass is 357 g/mol. The fourth-order valence-electron chi connectivity index (χ4n) is 3.83. The van der Waals surface area contributed by atoms with E-state index in [4.69, 9.17) is 0 Å². The van der Waals surface area contributed by atoms with E-state index >= 15 is 0 Å². The molecule has 0 saturated heterocycles. The predicted molar refractivity (Wildman–Crippen MR) is 109 cm³/mol. The average molecular weight is 357 g/mol. The highest BCUT2D eigenvalue weighted by atomic mass is 16.2. The molecule has 27 heavy (non-hydrogen) atoms. The number of rotatable bonds is 5. The zero-order chi connectivity index (χ0) is 18.5. The first-order valence-electron chi connectivity index (χ1n) is 9.60. The van der Waals surface area contributed by atoms with Gasteiger partial charge in [0.25, 0.3) is 5.91 Å². The number of fused-ring (bicyclic) bond motifs is 1. The Labute approximate surface area is 160 Å². The molecular weight excluding hydrogens is 332 g/mol. The molecule has 3 nitrogen and oxygen atoms in total. The van der Waals surface area contributed by atoms with E-state index in [9.17, 15) is 4.79 Å². The van der Waals surface area contributed by atoms with Gasteiger partial charge in [0, 0.05) is 17.7 Å². The molecule has 3 aromatic rings. The highest BCUT2D eigenvalue weighted by molar-refractivity contribution is 5.92. The van der Waals surface area contributed by atoms with Gasteiger partial charge in [-0.3, -0.25) is 4.79 Å². The average Bonchev–Trinajstić information content (AvgIpc) is 2.70. The fraction of sp³-hybridized carbons (Fsp3) is 0.208. The van der Waals surface area contributed by atoms with Crippen molar-refractivity contribution in [2.45, 2.75) is 19.4 Å². The Hall–Kier alpha value is -2.91. The van der Waals surface area contributed by atoms with Crippen LogP contribution in [0.3, 0.4) is 0 Å². The molecule has 136 valence electrons. The topological polar surface area (TPSA) is 33.5 Å². The number of anilines is 1. The van der Waals surface area contributed by atoms with Crippen LogP contribution in [0.15, 0.2) is 78.9 Å². The summed E-state index contributed by atoms with van der Waals surface area (Å²) in [5.41, 5.74) is 6.11. The molecule has 3 aromatic carbocycles. The van der Waals surface area contributed by atoms with Crippen molar-refractivity contribution in [1.82, 2.24) is 0 Å². The van der Waals surface area contributed by atoms with Crippen LogP contribution in [0.4, 0.5) is 5.69 Å². The molecule has 0 saturated carbocycles. The second-order valence-electron chi connectivity index (χ2n) is 7.24. The van der Waals surface area contributed by atoms with E-state index in [2.05, 4.69) is 47.8 Å². The van der Waals surface area contributed by atoms with Gasteiger partial charge in [-0.25, -0.2) is 0 Å². The first kappa shape index (κ1) is 17.5. The lowest BCUT2D eigenvalue weighted by Gasteiger charge is -2.25. The Morgan fingerprint density at radius 2 is 1.56 bits per heavy atom. The van der Waals surface area contributed by atoms with Crippen LogP contribution < -0.4 is 10.2 Å². The van der Waals surface area contributed by atoms with Crippen molar-refractivity contribution in [1.29, 1.82) is 0 Å². The lowest BCUT2D eigenvalue weighted by molar-refractivity contribution is -0.907. The van der Waals surface area contributed by atoms with Crippen molar-refractivity contribution in [3.05, 3.63) is 101 Å². The number of amides is 1. The van der Waals surface area contributed by atoms with Gasteiger partial charge in [-0.1, -0.05) is 72.8 Å². The minimum absolute atomic E-state index is 0.0879. The molecule has 1 heterocycles. The second kappa shape index (κ2) is 8.19. The van der Waals surface area contributed by atoms with Gasteiger partial charge in [0.2, 0.25) is 0 Å². The van der Waals surface area contributed by atoms with Crippen molar-refractivity contribution < 1.29 is 9.69 Å². The molecule has 1 amide bonds. The number of hydrogen-bond donors (Lipinski definition) is 2. The van der Waals surface area contributed by atoms with Gasteiger partial charge in [0.1, 0.15) is 6.54 Å². The van der Waals surface area contributed by atoms with E-state index in [-0.39, 0.29) is 5.91 Å². The Kier molecular flexibility index (Phi) is 5.31. The van der Waals surface area contributed by atoms with E-state index in [1.165, 1.54) is 21.6 Å². The van der Waals surface area contributed by atoms with Gasteiger partial charge in [0.05, 0.1) is 6.54 Å². The number of carbonyl (C=O) groups is 1. The summed E-state index contributed by atoms with van der Waals surface area (Å²) in [5, 5.41) is 3.14. The van der Waals surface area contributed by atoms with Crippen LogP contribution in [-0.4, -0.2) is 19.0 Å². The molecule has 0 aliphatic carbocycles. The van der Waals surface area contributed by atoms with Crippen LogP contribution in [0.2, 0.25) is 0 Å². The molecule has 2 N–H and O–H groups in total. The molecule has 0 fully saturated rings. The number of benzene rings is 3. The predicted octanol–water partition coefficient (Wildman–Crippen LogP) is 2.86. The largest absolute Gasteiger partial charge is 0.323 e. The minimum Gasteiger partial charge on any atom is -0.323 e. The molecule has 0 aromatic heterocycles. The molecular formula is C24H25N2O+. The minimum atomic E-state index is 0.0879. The summed E-state index contributed by atoms with van der Waals surface area (Å²) in [6.45, 7) is 2.44. The number of para-hydroxylation sites is 1. The first-order valence-corrected chi connectivity index (χ1v) is 9.60. The van der Waals surface area contributed by atoms with Gasteiger partial charge in [0.15, 0.2) is 6.54 Å². The van der Waals surface area contributed by atoms with Gasteiger partial charge in [-0.15, -0.1) is 0 Å². The number of nitrogens with one attached hydrogen (secondary N) is 2. The third kappa shape index (κ3) is 4.44. The van der Waals surface area contributed by atoms with E-state index in [0.29, 0.717) is 6.54 Å². The van der Waals surface area contributed by atoms with E-state index < -0.39 is 0 Å². The van der Waals surface area contributed by atoms with Crippen molar-refractivity contribution >= 4 is 11.6 Å². The van der Waals surface area contributed by atoms with E-state index in [0.717, 1.165) is 37.2 Å². The summed E-state index contributed by atoms with van der Waals surface area (Å²) in [4.78, 5) is 14.0. The summed E-state index contributed by atoms with van der Waals surface area (Å²) in [6.07, 6.45) is 1.87. The van der Waals surface area contributed by atoms with Crippen LogP contribution in [0.1, 0.15) is 22.3 Å². The molecule has 1 atom stereocenters. The Bertz CT molecular complexity index is 920. The lowest BCUT2D eigenvalue weighted by Crippen LogP contribution is -3.12. The third-order valence-electron chi connectivity index (χ3n) is 5.25. The van der Waals surface area contributed by atoms with E-state index in [1.54, 1.807) is 0 Å². The molecule has 1 aliphatic rings. The fourth-order valence-corrected chi connectivity index (χ4v) is 3.83. The maximum Gasteiger partial charge on any atom is 0.279 e. The third-order valence-corrected chi connectivity index (χ3v) is 5.25. The maximum atomic E-state index is 12.7. The second-order valence-corrected chi connectivity index (χ2v) is 7.24. The van der Waals surface area contributed by atoms with Gasteiger partial charge >= 0.3 is 0 Å². The normalized spacial score (nSPS) is 15.8. The Morgan fingerprint density at radius 1 is 0.852 bits per heavy atom. The first-order chi connectivity index (χ1) is 13.3. The van der Waals surface area contributed by atoms with Crippen LogP contribution >= 0.6 is 0 Å². The number of quaternary nitrogens is 1.